The fourth-order valence-corrected chi connectivity index (χ4v) is 3.69. The SMILES string of the molecule is NC(=O)OC1CCC(Nc2nccc(Nc3cc(C4CCOC4)[nH]n3)n2)CC1. The summed E-state index contributed by atoms with van der Waals surface area (Å²) in [6.45, 7) is 1.53. The van der Waals surface area contributed by atoms with E-state index in [2.05, 4.69) is 30.8 Å². The lowest BCUT2D eigenvalue weighted by atomic mass is 9.93. The van der Waals surface area contributed by atoms with E-state index in [1.54, 1.807) is 12.3 Å². The number of aromatic nitrogens is 4. The molecule has 0 radical (unpaired) electrons. The minimum Gasteiger partial charge on any atom is -0.446 e. The zero-order valence-corrected chi connectivity index (χ0v) is 15.6. The molecule has 1 amide bonds. The molecule has 28 heavy (non-hydrogen) atoms. The molecule has 2 aliphatic rings. The molecule has 5 N–H and O–H groups in total. The van der Waals surface area contributed by atoms with Gasteiger partial charge in [0.15, 0.2) is 5.82 Å². The zero-order valence-electron chi connectivity index (χ0n) is 15.6. The van der Waals surface area contributed by atoms with Crippen molar-refractivity contribution in [3.8, 4) is 0 Å². The lowest BCUT2D eigenvalue weighted by Crippen LogP contribution is -2.32. The largest absolute Gasteiger partial charge is 0.446 e. The Kier molecular flexibility index (Phi) is 5.56. The van der Waals surface area contributed by atoms with Gasteiger partial charge >= 0.3 is 6.09 Å². The molecule has 150 valence electrons. The molecule has 0 spiro atoms. The highest BCUT2D eigenvalue weighted by Gasteiger charge is 2.24. The van der Waals surface area contributed by atoms with Gasteiger partial charge in [0.05, 0.1) is 6.61 Å². The minimum atomic E-state index is -0.708. The molecule has 1 saturated heterocycles. The van der Waals surface area contributed by atoms with Crippen LogP contribution in [0, 0.1) is 0 Å². The highest BCUT2D eigenvalue weighted by molar-refractivity contribution is 5.64. The van der Waals surface area contributed by atoms with Gasteiger partial charge in [0.25, 0.3) is 0 Å². The van der Waals surface area contributed by atoms with E-state index in [9.17, 15) is 4.79 Å². The number of primary amides is 1. The number of anilines is 3. The third-order valence-electron chi connectivity index (χ3n) is 5.17. The summed E-state index contributed by atoms with van der Waals surface area (Å²) in [6.07, 6.45) is 5.20. The highest BCUT2D eigenvalue weighted by Crippen LogP contribution is 2.26. The number of H-pyrrole nitrogens is 1. The zero-order chi connectivity index (χ0) is 19.3. The van der Waals surface area contributed by atoms with Crippen molar-refractivity contribution in [1.29, 1.82) is 0 Å². The molecule has 3 heterocycles. The van der Waals surface area contributed by atoms with E-state index in [4.69, 9.17) is 15.2 Å². The van der Waals surface area contributed by atoms with Crippen molar-refractivity contribution < 1.29 is 14.3 Å². The first-order valence-corrected chi connectivity index (χ1v) is 9.61. The first-order chi connectivity index (χ1) is 13.7. The van der Waals surface area contributed by atoms with Crippen molar-refractivity contribution in [2.45, 2.75) is 50.2 Å². The van der Waals surface area contributed by atoms with Crippen molar-refractivity contribution in [3.63, 3.8) is 0 Å². The van der Waals surface area contributed by atoms with Gasteiger partial charge in [-0.25, -0.2) is 9.78 Å². The van der Waals surface area contributed by atoms with Crippen molar-refractivity contribution in [2.24, 2.45) is 5.73 Å². The molecular formula is C18H25N7O3. The lowest BCUT2D eigenvalue weighted by Gasteiger charge is -2.28. The summed E-state index contributed by atoms with van der Waals surface area (Å²) >= 11 is 0. The number of carbonyl (C=O) groups is 1. The second-order valence-electron chi connectivity index (χ2n) is 7.21. The number of rotatable bonds is 6. The number of ether oxygens (including phenoxy) is 2. The predicted octanol–water partition coefficient (Wildman–Crippen LogP) is 2.27. The van der Waals surface area contributed by atoms with Gasteiger partial charge in [-0.15, -0.1) is 0 Å². The maximum absolute atomic E-state index is 10.8. The molecule has 1 unspecified atom stereocenters. The molecule has 2 aromatic rings. The van der Waals surface area contributed by atoms with Crippen LogP contribution >= 0.6 is 0 Å². The maximum atomic E-state index is 10.8. The fraction of sp³-hybridized carbons (Fsp3) is 0.556. The molecular weight excluding hydrogens is 362 g/mol. The maximum Gasteiger partial charge on any atom is 0.404 e. The van der Waals surface area contributed by atoms with E-state index < -0.39 is 6.09 Å². The molecule has 1 aliphatic heterocycles. The summed E-state index contributed by atoms with van der Waals surface area (Å²) in [5.41, 5.74) is 6.15. The van der Waals surface area contributed by atoms with E-state index >= 15 is 0 Å². The number of carbonyl (C=O) groups excluding carboxylic acids is 1. The van der Waals surface area contributed by atoms with Gasteiger partial charge in [-0.1, -0.05) is 0 Å². The van der Waals surface area contributed by atoms with Crippen molar-refractivity contribution in [1.82, 2.24) is 20.2 Å². The van der Waals surface area contributed by atoms with Crippen LogP contribution in [0.2, 0.25) is 0 Å². The average Bonchev–Trinajstić information content (AvgIpc) is 3.35. The normalized spacial score (nSPS) is 24.6. The number of hydrogen-bond donors (Lipinski definition) is 4. The first-order valence-electron chi connectivity index (χ1n) is 9.61. The fourth-order valence-electron chi connectivity index (χ4n) is 3.69. The Hall–Kier alpha value is -2.88. The van der Waals surface area contributed by atoms with Crippen LogP contribution in [0.1, 0.15) is 43.7 Å². The molecule has 0 bridgehead atoms. The Morgan fingerprint density at radius 1 is 1.25 bits per heavy atom. The monoisotopic (exact) mass is 387 g/mol. The second-order valence-corrected chi connectivity index (χ2v) is 7.21. The van der Waals surface area contributed by atoms with E-state index in [0.29, 0.717) is 17.7 Å². The topological polar surface area (TPSA) is 140 Å². The number of nitrogens with one attached hydrogen (secondary N) is 3. The molecule has 0 aromatic carbocycles. The van der Waals surface area contributed by atoms with Crippen LogP contribution in [0.25, 0.3) is 0 Å². The Balaban J connectivity index is 1.31. The molecule has 1 atom stereocenters. The highest BCUT2D eigenvalue weighted by atomic mass is 16.6. The van der Waals surface area contributed by atoms with Crippen molar-refractivity contribution in [2.75, 3.05) is 23.8 Å². The molecule has 10 nitrogen and oxygen atoms in total. The molecule has 2 aromatic heterocycles. The van der Waals surface area contributed by atoms with Crippen molar-refractivity contribution in [3.05, 3.63) is 24.0 Å². The van der Waals surface area contributed by atoms with Crippen LogP contribution in [0.4, 0.5) is 22.4 Å². The van der Waals surface area contributed by atoms with Gasteiger partial charge in [0, 0.05) is 36.5 Å². The standard InChI is InChI=1S/C18H25N7O3/c19-17(26)28-13-3-1-12(2-4-13)21-18-20-7-5-15(23-18)22-16-9-14(24-25-16)11-6-8-27-10-11/h5,7,9,11-13H,1-4,6,8,10H2,(H2,19,26)(H3,20,21,22,23,24,25). The van der Waals surface area contributed by atoms with Crippen LogP contribution in [0.15, 0.2) is 18.3 Å². The van der Waals surface area contributed by atoms with E-state index in [1.807, 2.05) is 6.07 Å². The predicted molar refractivity (Wildman–Crippen MR) is 102 cm³/mol. The summed E-state index contributed by atoms with van der Waals surface area (Å²) in [4.78, 5) is 19.7. The number of aromatic amines is 1. The number of nitrogens with two attached hydrogens (primary N) is 1. The Labute approximate surface area is 162 Å². The van der Waals surface area contributed by atoms with Gasteiger partial charge in [-0.2, -0.15) is 10.1 Å². The summed E-state index contributed by atoms with van der Waals surface area (Å²) in [7, 11) is 0. The molecule has 1 saturated carbocycles. The van der Waals surface area contributed by atoms with Crippen LogP contribution in [-0.4, -0.2) is 51.6 Å². The van der Waals surface area contributed by atoms with Crippen LogP contribution < -0.4 is 16.4 Å². The van der Waals surface area contributed by atoms with Crippen LogP contribution in [0.3, 0.4) is 0 Å². The summed E-state index contributed by atoms with van der Waals surface area (Å²) in [6, 6.07) is 4.03. The van der Waals surface area contributed by atoms with Gasteiger partial charge < -0.3 is 25.8 Å². The quantitative estimate of drug-likeness (QED) is 0.592. The smallest absolute Gasteiger partial charge is 0.404 e. The number of hydrogen-bond acceptors (Lipinski definition) is 8. The first kappa shape index (κ1) is 18.5. The van der Waals surface area contributed by atoms with Crippen LogP contribution in [0.5, 0.6) is 0 Å². The summed E-state index contributed by atoms with van der Waals surface area (Å²) in [5, 5.41) is 13.9. The minimum absolute atomic E-state index is 0.0939. The molecule has 4 rings (SSSR count). The van der Waals surface area contributed by atoms with E-state index in [1.165, 1.54) is 0 Å². The average molecular weight is 387 g/mol. The second kappa shape index (κ2) is 8.42. The summed E-state index contributed by atoms with van der Waals surface area (Å²) in [5.74, 6) is 2.32. The number of nitrogens with zero attached hydrogens (tertiary/aromatic N) is 3. The van der Waals surface area contributed by atoms with Crippen LogP contribution in [-0.2, 0) is 9.47 Å². The van der Waals surface area contributed by atoms with Crippen molar-refractivity contribution >= 4 is 23.7 Å². The van der Waals surface area contributed by atoms with E-state index in [0.717, 1.165) is 56.8 Å². The molecule has 1 aliphatic carbocycles. The van der Waals surface area contributed by atoms with Gasteiger partial charge in [-0.05, 0) is 38.2 Å². The third kappa shape index (κ3) is 4.69. The Morgan fingerprint density at radius 3 is 2.86 bits per heavy atom. The lowest BCUT2D eigenvalue weighted by molar-refractivity contribution is 0.0805. The Morgan fingerprint density at radius 2 is 2.11 bits per heavy atom. The molecule has 10 heteroatoms. The third-order valence-corrected chi connectivity index (χ3v) is 5.17. The molecule has 2 fully saturated rings. The van der Waals surface area contributed by atoms with Gasteiger partial charge in [0.2, 0.25) is 5.95 Å². The summed E-state index contributed by atoms with van der Waals surface area (Å²) < 4.78 is 10.5. The van der Waals surface area contributed by atoms with E-state index in [-0.39, 0.29) is 12.1 Å². The Bertz CT molecular complexity index is 798. The van der Waals surface area contributed by atoms with Gasteiger partial charge in [-0.3, -0.25) is 5.10 Å². The van der Waals surface area contributed by atoms with Gasteiger partial charge in [0.1, 0.15) is 11.9 Å². The number of amides is 1.